The highest BCUT2D eigenvalue weighted by atomic mass is 16.4. The molecule has 0 amide bonds. The normalized spacial score (nSPS) is 47.4. The third-order valence-corrected chi connectivity index (χ3v) is 5.50. The molecule has 17 heavy (non-hydrogen) atoms. The zero-order valence-electron chi connectivity index (χ0n) is 10.5. The molecule has 0 aromatic heterocycles. The van der Waals surface area contributed by atoms with Gasteiger partial charge in [-0.15, -0.1) is 0 Å². The molecule has 4 rings (SSSR count). The van der Waals surface area contributed by atoms with Gasteiger partial charge >= 0.3 is 5.97 Å². The quantitative estimate of drug-likeness (QED) is 0.789. The Kier molecular flexibility index (Phi) is 2.51. The molecule has 3 nitrogen and oxygen atoms in total. The number of carboxylic acid groups (broad SMARTS) is 1. The van der Waals surface area contributed by atoms with Gasteiger partial charge < -0.3 is 10.8 Å². The molecule has 0 saturated heterocycles. The SMILES string of the molecule is NCCC12CC3CC(C1)CC(CC(=O)O)(C3)C2. The van der Waals surface area contributed by atoms with Crippen molar-refractivity contribution in [1.29, 1.82) is 0 Å². The maximum atomic E-state index is 11.1. The molecule has 4 aliphatic carbocycles. The van der Waals surface area contributed by atoms with Crippen molar-refractivity contribution < 1.29 is 9.90 Å². The summed E-state index contributed by atoms with van der Waals surface area (Å²) in [6, 6.07) is 0. The summed E-state index contributed by atoms with van der Waals surface area (Å²) in [5.41, 5.74) is 6.32. The summed E-state index contributed by atoms with van der Waals surface area (Å²) in [5, 5.41) is 9.16. The monoisotopic (exact) mass is 237 g/mol. The Morgan fingerprint density at radius 2 is 1.76 bits per heavy atom. The van der Waals surface area contributed by atoms with Gasteiger partial charge in [-0.1, -0.05) is 0 Å². The Labute approximate surface area is 103 Å². The molecule has 2 unspecified atom stereocenters. The highest BCUT2D eigenvalue weighted by molar-refractivity contribution is 5.67. The number of hydrogen-bond donors (Lipinski definition) is 2. The Hall–Kier alpha value is -0.570. The largest absolute Gasteiger partial charge is 0.481 e. The molecule has 0 aliphatic heterocycles. The molecule has 0 heterocycles. The van der Waals surface area contributed by atoms with Crippen molar-refractivity contribution in [3.05, 3.63) is 0 Å². The number of carbonyl (C=O) groups is 1. The van der Waals surface area contributed by atoms with Gasteiger partial charge in [0.15, 0.2) is 0 Å². The van der Waals surface area contributed by atoms with Gasteiger partial charge in [-0.25, -0.2) is 0 Å². The number of nitrogens with two attached hydrogens (primary N) is 1. The van der Waals surface area contributed by atoms with Crippen LogP contribution in [0.15, 0.2) is 0 Å². The molecule has 0 aromatic carbocycles. The van der Waals surface area contributed by atoms with Crippen LogP contribution in [-0.2, 0) is 4.79 Å². The molecular formula is C14H23NO2. The Morgan fingerprint density at radius 1 is 1.18 bits per heavy atom. The number of carboxylic acids is 1. The lowest BCUT2D eigenvalue weighted by Crippen LogP contribution is -2.53. The van der Waals surface area contributed by atoms with E-state index in [1.165, 1.54) is 32.1 Å². The zero-order valence-corrected chi connectivity index (χ0v) is 10.5. The first-order valence-electron chi connectivity index (χ1n) is 6.97. The lowest BCUT2D eigenvalue weighted by atomic mass is 9.43. The van der Waals surface area contributed by atoms with Crippen molar-refractivity contribution in [2.75, 3.05) is 6.54 Å². The van der Waals surface area contributed by atoms with Crippen molar-refractivity contribution in [3.63, 3.8) is 0 Å². The van der Waals surface area contributed by atoms with E-state index in [-0.39, 0.29) is 5.41 Å². The molecule has 3 heteroatoms. The minimum absolute atomic E-state index is 0.130. The minimum Gasteiger partial charge on any atom is -0.481 e. The second-order valence-corrected chi connectivity index (χ2v) is 7.07. The first-order valence-corrected chi connectivity index (χ1v) is 6.97. The lowest BCUT2D eigenvalue weighted by molar-refractivity contribution is -0.152. The molecule has 4 saturated carbocycles. The predicted octanol–water partition coefficient (Wildman–Crippen LogP) is 2.40. The van der Waals surface area contributed by atoms with Gasteiger partial charge in [0.1, 0.15) is 0 Å². The minimum atomic E-state index is -0.602. The summed E-state index contributed by atoms with van der Waals surface area (Å²) in [5.74, 6) is 0.985. The predicted molar refractivity (Wildman–Crippen MR) is 65.5 cm³/mol. The second-order valence-electron chi connectivity index (χ2n) is 7.07. The van der Waals surface area contributed by atoms with E-state index < -0.39 is 5.97 Å². The second kappa shape index (κ2) is 3.71. The van der Waals surface area contributed by atoms with Crippen LogP contribution in [-0.4, -0.2) is 17.6 Å². The van der Waals surface area contributed by atoms with E-state index in [9.17, 15) is 4.79 Å². The summed E-state index contributed by atoms with van der Waals surface area (Å²) in [6.07, 6.45) is 8.98. The molecule has 4 bridgehead atoms. The third-order valence-electron chi connectivity index (χ3n) is 5.50. The number of aliphatic carboxylic acids is 1. The van der Waals surface area contributed by atoms with E-state index in [0.717, 1.165) is 31.2 Å². The van der Waals surface area contributed by atoms with Crippen LogP contribution in [0.2, 0.25) is 0 Å². The van der Waals surface area contributed by atoms with Crippen molar-refractivity contribution in [2.45, 2.75) is 51.4 Å². The van der Waals surface area contributed by atoms with Gasteiger partial charge in [-0.05, 0) is 74.2 Å². The van der Waals surface area contributed by atoms with E-state index in [4.69, 9.17) is 10.8 Å². The first-order chi connectivity index (χ1) is 8.05. The van der Waals surface area contributed by atoms with Gasteiger partial charge in [-0.3, -0.25) is 4.79 Å². The number of rotatable bonds is 4. The fraction of sp³-hybridized carbons (Fsp3) is 0.929. The molecule has 2 atom stereocenters. The van der Waals surface area contributed by atoms with Crippen LogP contribution >= 0.6 is 0 Å². The molecule has 3 N–H and O–H groups in total. The molecule has 0 aromatic rings. The first kappa shape index (κ1) is 11.5. The van der Waals surface area contributed by atoms with Crippen molar-refractivity contribution in [3.8, 4) is 0 Å². The topological polar surface area (TPSA) is 63.3 Å². The average Bonchev–Trinajstić information content (AvgIpc) is 2.11. The molecule has 0 spiro atoms. The zero-order chi connectivity index (χ0) is 12.1. The molecule has 4 fully saturated rings. The van der Waals surface area contributed by atoms with Crippen molar-refractivity contribution in [1.82, 2.24) is 0 Å². The average molecular weight is 237 g/mol. The summed E-state index contributed by atoms with van der Waals surface area (Å²) >= 11 is 0. The van der Waals surface area contributed by atoms with Crippen LogP contribution in [0.3, 0.4) is 0 Å². The van der Waals surface area contributed by atoms with Crippen LogP contribution in [0.1, 0.15) is 51.4 Å². The highest BCUT2D eigenvalue weighted by Gasteiger charge is 2.57. The maximum Gasteiger partial charge on any atom is 0.303 e. The van der Waals surface area contributed by atoms with Gasteiger partial charge in [0.25, 0.3) is 0 Å². The van der Waals surface area contributed by atoms with Crippen LogP contribution < -0.4 is 5.73 Å². The fourth-order valence-electron chi connectivity index (χ4n) is 5.78. The summed E-state index contributed by atoms with van der Waals surface area (Å²) < 4.78 is 0. The molecule has 96 valence electrons. The van der Waals surface area contributed by atoms with E-state index >= 15 is 0 Å². The maximum absolute atomic E-state index is 11.1. The van der Waals surface area contributed by atoms with Gasteiger partial charge in [-0.2, -0.15) is 0 Å². The Bertz CT molecular complexity index is 325. The van der Waals surface area contributed by atoms with Crippen molar-refractivity contribution >= 4 is 5.97 Å². The summed E-state index contributed by atoms with van der Waals surface area (Å²) in [6.45, 7) is 0.766. The standard InChI is InChI=1S/C14H23NO2/c15-2-1-13-4-10-3-11(5-13)7-14(6-10,9-13)8-12(16)17/h10-11H,1-9,15H2,(H,16,17). The van der Waals surface area contributed by atoms with Gasteiger partial charge in [0.2, 0.25) is 0 Å². The smallest absolute Gasteiger partial charge is 0.303 e. The fourth-order valence-corrected chi connectivity index (χ4v) is 5.78. The third kappa shape index (κ3) is 1.88. The number of hydrogen-bond acceptors (Lipinski definition) is 2. The Morgan fingerprint density at radius 3 is 2.29 bits per heavy atom. The highest BCUT2D eigenvalue weighted by Crippen LogP contribution is 2.67. The van der Waals surface area contributed by atoms with Crippen LogP contribution in [0.5, 0.6) is 0 Å². The summed E-state index contributed by atoms with van der Waals surface area (Å²) in [4.78, 5) is 11.1. The van der Waals surface area contributed by atoms with E-state index in [1.54, 1.807) is 0 Å². The van der Waals surface area contributed by atoms with Gasteiger partial charge in [0, 0.05) is 0 Å². The van der Waals surface area contributed by atoms with E-state index in [0.29, 0.717) is 11.8 Å². The summed E-state index contributed by atoms with van der Waals surface area (Å²) in [7, 11) is 0. The van der Waals surface area contributed by atoms with Gasteiger partial charge in [0.05, 0.1) is 6.42 Å². The molecule has 4 aliphatic rings. The van der Waals surface area contributed by atoms with Crippen molar-refractivity contribution in [2.24, 2.45) is 28.4 Å². The van der Waals surface area contributed by atoms with Crippen LogP contribution in [0.25, 0.3) is 0 Å². The van der Waals surface area contributed by atoms with Crippen LogP contribution in [0, 0.1) is 22.7 Å². The van der Waals surface area contributed by atoms with E-state index in [1.807, 2.05) is 0 Å². The Balaban J connectivity index is 1.86. The molecule has 0 radical (unpaired) electrons. The van der Waals surface area contributed by atoms with E-state index in [2.05, 4.69) is 0 Å². The van der Waals surface area contributed by atoms with Crippen LogP contribution in [0.4, 0.5) is 0 Å². The molecular weight excluding hydrogens is 214 g/mol. The lowest BCUT2D eigenvalue weighted by Gasteiger charge is -2.62.